The van der Waals surface area contributed by atoms with Gasteiger partial charge in [-0.25, -0.2) is 13.2 Å². The maximum atomic E-state index is 13.2. The van der Waals surface area contributed by atoms with E-state index in [-0.39, 0.29) is 18.6 Å². The van der Waals surface area contributed by atoms with Gasteiger partial charge in [0.25, 0.3) is 0 Å². The van der Waals surface area contributed by atoms with E-state index in [0.717, 1.165) is 50.0 Å². The van der Waals surface area contributed by atoms with Crippen molar-refractivity contribution in [2.45, 2.75) is 58.3 Å². The normalized spacial score (nSPS) is 15.1. The predicted octanol–water partition coefficient (Wildman–Crippen LogP) is 4.50. The van der Waals surface area contributed by atoms with Crippen LogP contribution < -0.4 is 14.8 Å². The van der Waals surface area contributed by atoms with Crippen molar-refractivity contribution in [3.05, 3.63) is 83.7 Å². The zero-order valence-electron chi connectivity index (χ0n) is 24.5. The summed E-state index contributed by atoms with van der Waals surface area (Å²) in [5.41, 5.74) is 3.58. The lowest BCUT2D eigenvalue weighted by Gasteiger charge is -2.38. The number of aliphatic hydroxyl groups is 1. The minimum Gasteiger partial charge on any atom is -0.457 e. The Morgan fingerprint density at radius 1 is 1.10 bits per heavy atom. The largest absolute Gasteiger partial charge is 0.457 e. The molecule has 3 aromatic rings. The van der Waals surface area contributed by atoms with E-state index < -0.39 is 16.1 Å². The maximum absolute atomic E-state index is 13.2. The monoisotopic (exact) mass is 595 g/mol. The Kier molecular flexibility index (Phi) is 10.8. The van der Waals surface area contributed by atoms with Crippen LogP contribution >= 0.6 is 0 Å². The molecule has 2 aromatic carbocycles. The number of amides is 2. The highest BCUT2D eigenvalue weighted by Gasteiger charge is 2.29. The molecule has 1 saturated heterocycles. The lowest BCUT2D eigenvalue weighted by Crippen LogP contribution is -2.51. The first-order valence-electron chi connectivity index (χ1n) is 14.3. The first-order chi connectivity index (χ1) is 20.1. The second-order valence-corrected chi connectivity index (χ2v) is 12.5. The number of nitrogens with one attached hydrogen (secondary N) is 2. The molecule has 0 bridgehead atoms. The van der Waals surface area contributed by atoms with Crippen molar-refractivity contribution < 1.29 is 23.1 Å². The van der Waals surface area contributed by atoms with Crippen molar-refractivity contribution in [2.75, 3.05) is 30.6 Å². The Morgan fingerprint density at radius 3 is 2.33 bits per heavy atom. The fourth-order valence-corrected chi connectivity index (χ4v) is 5.48. The fraction of sp³-hybridized carbons (Fsp3) is 0.419. The van der Waals surface area contributed by atoms with Gasteiger partial charge in [-0.05, 0) is 79.8 Å². The third-order valence-corrected chi connectivity index (χ3v) is 7.99. The number of pyridine rings is 1. The molecule has 1 fully saturated rings. The zero-order valence-corrected chi connectivity index (χ0v) is 25.3. The number of aliphatic hydroxyl groups excluding tert-OH is 1. The van der Waals surface area contributed by atoms with Gasteiger partial charge in [0, 0.05) is 44.1 Å². The summed E-state index contributed by atoms with van der Waals surface area (Å²) >= 11 is 0. The van der Waals surface area contributed by atoms with Gasteiger partial charge in [-0.2, -0.15) is 0 Å². The number of sulfonamides is 1. The highest BCUT2D eigenvalue weighted by molar-refractivity contribution is 7.92. The number of anilines is 1. The fourth-order valence-electron chi connectivity index (χ4n) is 4.91. The van der Waals surface area contributed by atoms with Crippen LogP contribution in [0.2, 0.25) is 0 Å². The van der Waals surface area contributed by atoms with Gasteiger partial charge in [0.1, 0.15) is 11.5 Å². The van der Waals surface area contributed by atoms with Gasteiger partial charge in [-0.3, -0.25) is 14.6 Å². The van der Waals surface area contributed by atoms with E-state index in [4.69, 9.17) is 4.74 Å². The Morgan fingerprint density at radius 2 is 1.74 bits per heavy atom. The van der Waals surface area contributed by atoms with E-state index >= 15 is 0 Å². The summed E-state index contributed by atoms with van der Waals surface area (Å²) in [7, 11) is -3.32. The van der Waals surface area contributed by atoms with E-state index in [1.54, 1.807) is 30.5 Å². The molecule has 42 heavy (non-hydrogen) atoms. The number of urea groups is 1. The van der Waals surface area contributed by atoms with Crippen LogP contribution in [0.1, 0.15) is 43.0 Å². The number of piperidine rings is 1. The second-order valence-electron chi connectivity index (χ2n) is 10.8. The summed E-state index contributed by atoms with van der Waals surface area (Å²) < 4.78 is 31.1. The van der Waals surface area contributed by atoms with Crippen molar-refractivity contribution in [2.24, 2.45) is 0 Å². The van der Waals surface area contributed by atoms with Gasteiger partial charge in [-0.15, -0.1) is 0 Å². The van der Waals surface area contributed by atoms with Gasteiger partial charge < -0.3 is 20.1 Å². The third kappa shape index (κ3) is 9.43. The molecule has 1 aliphatic heterocycles. The SMILES string of the molecule is CCC(O)CNC(=O)N(Cc1ncccc1C)C1CCN(Cc2ccc(Oc3ccc(NS(C)(=O)=O)cc3)cc2)CC1. The van der Waals surface area contributed by atoms with E-state index in [1.807, 2.05) is 55.1 Å². The number of ether oxygens (including phenoxy) is 1. The third-order valence-electron chi connectivity index (χ3n) is 7.38. The molecule has 1 atom stereocenters. The molecule has 1 unspecified atom stereocenters. The van der Waals surface area contributed by atoms with Gasteiger partial charge in [0.15, 0.2) is 0 Å². The minimum atomic E-state index is -3.32. The van der Waals surface area contributed by atoms with Crippen LogP contribution in [0.4, 0.5) is 10.5 Å². The number of rotatable bonds is 12. The van der Waals surface area contributed by atoms with Crippen LogP contribution in [0, 0.1) is 6.92 Å². The summed E-state index contributed by atoms with van der Waals surface area (Å²) in [5, 5.41) is 12.9. The summed E-state index contributed by atoms with van der Waals surface area (Å²) in [6.07, 6.45) is 4.59. The number of carbonyl (C=O) groups is 1. The maximum Gasteiger partial charge on any atom is 0.318 e. The molecule has 4 rings (SSSR count). The summed E-state index contributed by atoms with van der Waals surface area (Å²) in [6, 6.07) is 18.5. The van der Waals surface area contributed by atoms with Crippen LogP contribution in [-0.2, 0) is 23.1 Å². The van der Waals surface area contributed by atoms with Crippen LogP contribution in [0.25, 0.3) is 0 Å². The van der Waals surface area contributed by atoms with E-state index in [0.29, 0.717) is 30.2 Å². The smallest absolute Gasteiger partial charge is 0.318 e. The molecule has 0 radical (unpaired) electrons. The van der Waals surface area contributed by atoms with Crippen LogP contribution in [0.5, 0.6) is 11.5 Å². The van der Waals surface area contributed by atoms with Gasteiger partial charge in [-0.1, -0.05) is 25.1 Å². The number of hydrogen-bond acceptors (Lipinski definition) is 7. The number of aryl methyl sites for hydroxylation is 1. The van der Waals surface area contributed by atoms with E-state index in [2.05, 4.69) is 19.9 Å². The molecule has 0 aliphatic carbocycles. The van der Waals surface area contributed by atoms with Crippen molar-refractivity contribution in [1.29, 1.82) is 0 Å². The topological polar surface area (TPSA) is 124 Å². The number of likely N-dealkylation sites (tertiary alicyclic amines) is 1. The Hall–Kier alpha value is -3.67. The molecule has 226 valence electrons. The van der Waals surface area contributed by atoms with Crippen molar-refractivity contribution >= 4 is 21.7 Å². The molecule has 10 nitrogen and oxygen atoms in total. The Balaban J connectivity index is 1.31. The summed E-state index contributed by atoms with van der Waals surface area (Å²) in [4.78, 5) is 22.0. The molecule has 2 heterocycles. The minimum absolute atomic E-state index is 0.0798. The standard InChI is InChI=1S/C31H41N5O5S/c1-4-27(37)20-33-31(38)36(22-30-23(2)6-5-17-32-30)26-15-18-35(19-16-26)21-24-7-11-28(12-8-24)41-29-13-9-25(10-14-29)34-42(3,39)40/h5-14,17,26-27,34,37H,4,15-16,18-22H2,1-3H3,(H,33,38). The van der Waals surface area contributed by atoms with Crippen LogP contribution in [0.3, 0.4) is 0 Å². The Labute approximate surface area is 248 Å². The molecular weight excluding hydrogens is 554 g/mol. The van der Waals surface area contributed by atoms with Gasteiger partial charge in [0.2, 0.25) is 10.0 Å². The van der Waals surface area contributed by atoms with Gasteiger partial charge in [0.05, 0.1) is 24.6 Å². The quantitative estimate of drug-likeness (QED) is 0.282. The van der Waals surface area contributed by atoms with Crippen molar-refractivity contribution in [3.63, 3.8) is 0 Å². The van der Waals surface area contributed by atoms with Crippen molar-refractivity contribution in [3.8, 4) is 11.5 Å². The van der Waals surface area contributed by atoms with Crippen molar-refractivity contribution in [1.82, 2.24) is 20.1 Å². The molecule has 1 aromatic heterocycles. The first kappa shape index (κ1) is 31.3. The molecule has 2 amide bonds. The number of nitrogens with zero attached hydrogens (tertiary/aromatic N) is 3. The molecule has 0 spiro atoms. The lowest BCUT2D eigenvalue weighted by atomic mass is 10.0. The van der Waals surface area contributed by atoms with Gasteiger partial charge >= 0.3 is 6.03 Å². The van der Waals surface area contributed by atoms with Crippen LogP contribution in [-0.4, -0.2) is 72.4 Å². The van der Waals surface area contributed by atoms with E-state index in [9.17, 15) is 18.3 Å². The number of carbonyl (C=O) groups excluding carboxylic acids is 1. The number of aromatic nitrogens is 1. The average molecular weight is 596 g/mol. The molecule has 3 N–H and O–H groups in total. The highest BCUT2D eigenvalue weighted by Crippen LogP contribution is 2.25. The summed E-state index contributed by atoms with van der Waals surface area (Å²) in [6.45, 7) is 7.09. The molecule has 0 saturated carbocycles. The Bertz CT molecular complexity index is 1410. The molecule has 11 heteroatoms. The zero-order chi connectivity index (χ0) is 30.1. The summed E-state index contributed by atoms with van der Waals surface area (Å²) in [5.74, 6) is 1.31. The second kappa shape index (κ2) is 14.5. The van der Waals surface area contributed by atoms with Crippen LogP contribution in [0.15, 0.2) is 66.9 Å². The average Bonchev–Trinajstić information content (AvgIpc) is 2.97. The lowest BCUT2D eigenvalue weighted by molar-refractivity contribution is 0.107. The molecule has 1 aliphatic rings. The van der Waals surface area contributed by atoms with E-state index in [1.165, 1.54) is 5.56 Å². The highest BCUT2D eigenvalue weighted by atomic mass is 32.2. The molecular formula is C31H41N5O5S. The first-order valence-corrected chi connectivity index (χ1v) is 16.2. The number of hydrogen-bond donors (Lipinski definition) is 3. The number of benzene rings is 2. The predicted molar refractivity (Wildman–Crippen MR) is 164 cm³/mol.